The van der Waals surface area contributed by atoms with Crippen LogP contribution < -0.4 is 4.74 Å². The fourth-order valence-corrected chi connectivity index (χ4v) is 4.93. The maximum atomic E-state index is 14.8. The Kier molecular flexibility index (Phi) is 3.94. The summed E-state index contributed by atoms with van der Waals surface area (Å²) in [5, 5.41) is 0.930. The number of rotatable bonds is 2. The normalized spacial score (nSPS) is 19.5. The molecule has 0 saturated heterocycles. The van der Waals surface area contributed by atoms with Crippen molar-refractivity contribution in [3.63, 3.8) is 0 Å². The van der Waals surface area contributed by atoms with Crippen LogP contribution in [0.5, 0.6) is 5.75 Å². The Bertz CT molecular complexity index is 1170. The molecule has 0 radical (unpaired) electrons. The first-order chi connectivity index (χ1) is 13.8. The molecule has 1 fully saturated rings. The lowest BCUT2D eigenvalue weighted by Crippen LogP contribution is -2.44. The van der Waals surface area contributed by atoms with Crippen LogP contribution in [0.3, 0.4) is 0 Å². The van der Waals surface area contributed by atoms with Crippen LogP contribution in [0.2, 0.25) is 5.02 Å². The first-order valence-corrected chi connectivity index (χ1v) is 9.84. The molecule has 1 unspecified atom stereocenters. The molecule has 2 aliphatic rings. The minimum atomic E-state index is -0.637. The van der Waals surface area contributed by atoms with Crippen LogP contribution in [0.1, 0.15) is 42.6 Å². The topological polar surface area (TPSA) is 45.3 Å². The van der Waals surface area contributed by atoms with Gasteiger partial charge in [0.2, 0.25) is 5.91 Å². The molecule has 1 spiro atoms. The van der Waals surface area contributed by atoms with Crippen LogP contribution in [0.15, 0.2) is 30.3 Å². The molecule has 29 heavy (non-hydrogen) atoms. The first-order valence-electron chi connectivity index (χ1n) is 9.46. The summed E-state index contributed by atoms with van der Waals surface area (Å²) in [6.45, 7) is 2.01. The average Bonchev–Trinajstić information content (AvgIpc) is 3.31. The SMILES string of the molecule is COc1cc(Cl)ccc1C1c2[nH]c3cc(F)cc(F)c3c2C2(CC2)CN1C(C)=O. The predicted octanol–water partition coefficient (Wildman–Crippen LogP) is 5.09. The first kappa shape index (κ1) is 18.4. The molecule has 1 saturated carbocycles. The molecular weight excluding hydrogens is 398 g/mol. The number of carbonyl (C=O) groups excluding carboxylic acids is 1. The summed E-state index contributed by atoms with van der Waals surface area (Å²) >= 11 is 6.13. The van der Waals surface area contributed by atoms with Crippen LogP contribution in [-0.4, -0.2) is 29.4 Å². The van der Waals surface area contributed by atoms with Crippen molar-refractivity contribution in [2.75, 3.05) is 13.7 Å². The number of hydrogen-bond donors (Lipinski definition) is 1. The number of nitrogens with zero attached hydrogens (tertiary/aromatic N) is 1. The van der Waals surface area contributed by atoms with Gasteiger partial charge in [0.05, 0.1) is 12.6 Å². The van der Waals surface area contributed by atoms with Crippen molar-refractivity contribution < 1.29 is 18.3 Å². The van der Waals surface area contributed by atoms with Crippen LogP contribution in [-0.2, 0) is 10.2 Å². The third-order valence-corrected chi connectivity index (χ3v) is 6.42. The van der Waals surface area contributed by atoms with Gasteiger partial charge in [-0.1, -0.05) is 17.7 Å². The number of methoxy groups -OCH3 is 1. The van der Waals surface area contributed by atoms with E-state index in [0.29, 0.717) is 33.9 Å². The van der Waals surface area contributed by atoms with E-state index in [9.17, 15) is 13.6 Å². The van der Waals surface area contributed by atoms with E-state index in [1.54, 1.807) is 24.1 Å². The Morgan fingerprint density at radius 2 is 2.03 bits per heavy atom. The van der Waals surface area contributed by atoms with Gasteiger partial charge in [-0.15, -0.1) is 0 Å². The summed E-state index contributed by atoms with van der Waals surface area (Å²) in [4.78, 5) is 17.6. The Morgan fingerprint density at radius 3 is 2.69 bits per heavy atom. The summed E-state index contributed by atoms with van der Waals surface area (Å²) in [5.74, 6) is -0.768. The molecule has 1 amide bonds. The van der Waals surface area contributed by atoms with Crippen molar-refractivity contribution in [3.8, 4) is 5.75 Å². The van der Waals surface area contributed by atoms with Gasteiger partial charge >= 0.3 is 0 Å². The Morgan fingerprint density at radius 1 is 1.28 bits per heavy atom. The highest BCUT2D eigenvalue weighted by molar-refractivity contribution is 6.30. The Hall–Kier alpha value is -2.60. The number of aromatic amines is 1. The van der Waals surface area contributed by atoms with Gasteiger partial charge in [-0.2, -0.15) is 0 Å². The van der Waals surface area contributed by atoms with E-state index in [1.165, 1.54) is 13.0 Å². The van der Waals surface area contributed by atoms with Gasteiger partial charge in [0, 0.05) is 46.6 Å². The van der Waals surface area contributed by atoms with Crippen molar-refractivity contribution in [1.82, 2.24) is 9.88 Å². The largest absolute Gasteiger partial charge is 0.496 e. The van der Waals surface area contributed by atoms with E-state index in [-0.39, 0.29) is 11.3 Å². The van der Waals surface area contributed by atoms with E-state index in [1.807, 2.05) is 6.07 Å². The van der Waals surface area contributed by atoms with E-state index in [4.69, 9.17) is 16.3 Å². The number of halogens is 3. The van der Waals surface area contributed by atoms with Crippen LogP contribution in [0.4, 0.5) is 8.78 Å². The summed E-state index contributed by atoms with van der Waals surface area (Å²) in [5.41, 5.74) is 2.42. The number of ether oxygens (including phenoxy) is 1. The molecule has 4 nitrogen and oxygen atoms in total. The summed E-state index contributed by atoms with van der Waals surface area (Å²) in [6.07, 6.45) is 1.72. The average molecular weight is 417 g/mol. The number of hydrogen-bond acceptors (Lipinski definition) is 2. The number of carbonyl (C=O) groups is 1. The van der Waals surface area contributed by atoms with Crippen molar-refractivity contribution >= 4 is 28.4 Å². The van der Waals surface area contributed by atoms with Gasteiger partial charge in [0.15, 0.2) is 0 Å². The van der Waals surface area contributed by atoms with E-state index >= 15 is 0 Å². The van der Waals surface area contributed by atoms with Crippen molar-refractivity contribution in [2.45, 2.75) is 31.2 Å². The molecule has 1 atom stereocenters. The minimum absolute atomic E-state index is 0.0887. The third kappa shape index (κ3) is 2.65. The second kappa shape index (κ2) is 6.20. The lowest BCUT2D eigenvalue weighted by Gasteiger charge is -2.40. The minimum Gasteiger partial charge on any atom is -0.496 e. The monoisotopic (exact) mass is 416 g/mol. The standard InChI is InChI=1S/C22H19ClF2N2O2/c1-11(28)27-10-22(5-6-22)19-18-15(25)8-13(24)9-16(18)26-20(19)21(27)14-4-3-12(23)7-17(14)29-2/h3-4,7-9,21,26H,5-6,10H2,1-2H3. The van der Waals surface area contributed by atoms with Gasteiger partial charge in [-0.25, -0.2) is 8.78 Å². The molecule has 1 aliphatic heterocycles. The maximum Gasteiger partial charge on any atom is 0.220 e. The van der Waals surface area contributed by atoms with E-state index in [2.05, 4.69) is 4.98 Å². The molecule has 0 bridgehead atoms. The van der Waals surface area contributed by atoms with Gasteiger partial charge in [-0.3, -0.25) is 4.79 Å². The molecule has 3 aromatic rings. The number of amides is 1. The van der Waals surface area contributed by atoms with Crippen LogP contribution >= 0.6 is 11.6 Å². The predicted molar refractivity (Wildman–Crippen MR) is 106 cm³/mol. The van der Waals surface area contributed by atoms with Crippen LogP contribution in [0, 0.1) is 11.6 Å². The molecule has 1 aliphatic carbocycles. The van der Waals surface area contributed by atoms with Crippen molar-refractivity contribution in [3.05, 3.63) is 63.8 Å². The highest BCUT2D eigenvalue weighted by Crippen LogP contribution is 2.58. The van der Waals surface area contributed by atoms with Crippen LogP contribution in [0.25, 0.3) is 10.9 Å². The number of benzene rings is 2. The van der Waals surface area contributed by atoms with Crippen molar-refractivity contribution in [2.24, 2.45) is 0 Å². The second-order valence-electron chi connectivity index (χ2n) is 7.94. The number of H-pyrrole nitrogens is 1. The van der Waals surface area contributed by atoms with Gasteiger partial charge in [-0.05, 0) is 36.6 Å². The molecule has 2 aromatic carbocycles. The lowest BCUT2D eigenvalue weighted by molar-refractivity contribution is -0.131. The van der Waals surface area contributed by atoms with E-state index in [0.717, 1.165) is 30.0 Å². The lowest BCUT2D eigenvalue weighted by atomic mass is 9.83. The summed E-state index contributed by atoms with van der Waals surface area (Å²) in [6, 6.07) is 6.97. The smallest absolute Gasteiger partial charge is 0.220 e. The van der Waals surface area contributed by atoms with Crippen molar-refractivity contribution in [1.29, 1.82) is 0 Å². The molecule has 150 valence electrons. The zero-order valence-corrected chi connectivity index (χ0v) is 16.7. The number of fused-ring (bicyclic) bond motifs is 4. The third-order valence-electron chi connectivity index (χ3n) is 6.18. The molecule has 7 heteroatoms. The van der Waals surface area contributed by atoms with E-state index < -0.39 is 17.7 Å². The second-order valence-corrected chi connectivity index (χ2v) is 8.38. The fourth-order valence-electron chi connectivity index (χ4n) is 4.76. The number of aromatic nitrogens is 1. The quantitative estimate of drug-likeness (QED) is 0.632. The molecular formula is C22H19ClF2N2O2. The highest BCUT2D eigenvalue weighted by Gasteiger charge is 2.55. The molecule has 1 aromatic heterocycles. The Balaban J connectivity index is 1.83. The Labute approximate surface area is 171 Å². The molecule has 2 heterocycles. The van der Waals surface area contributed by atoms with Gasteiger partial charge in [0.25, 0.3) is 0 Å². The molecule has 1 N–H and O–H groups in total. The zero-order chi connectivity index (χ0) is 20.5. The van der Waals surface area contributed by atoms with Gasteiger partial charge < -0.3 is 14.6 Å². The zero-order valence-electron chi connectivity index (χ0n) is 16.0. The summed E-state index contributed by atoms with van der Waals surface area (Å²) < 4.78 is 34.3. The van der Waals surface area contributed by atoms with Gasteiger partial charge in [0.1, 0.15) is 23.4 Å². The number of nitrogens with one attached hydrogen (secondary N) is 1. The highest BCUT2D eigenvalue weighted by atomic mass is 35.5. The fraction of sp³-hybridized carbons (Fsp3) is 0.318. The maximum absolute atomic E-state index is 14.8. The molecule has 5 rings (SSSR count). The summed E-state index contributed by atoms with van der Waals surface area (Å²) in [7, 11) is 1.54.